The van der Waals surface area contributed by atoms with E-state index in [9.17, 15) is 10.1 Å². The quantitative estimate of drug-likeness (QED) is 0.556. The molecule has 1 unspecified atom stereocenters. The fourth-order valence-electron chi connectivity index (χ4n) is 3.99. The molecule has 0 aliphatic heterocycles. The third-order valence-electron chi connectivity index (χ3n) is 5.26. The second kappa shape index (κ2) is 8.88. The van der Waals surface area contributed by atoms with Gasteiger partial charge in [-0.25, -0.2) is 4.98 Å². The van der Waals surface area contributed by atoms with Crippen molar-refractivity contribution in [2.45, 2.75) is 38.8 Å². The van der Waals surface area contributed by atoms with Gasteiger partial charge in [-0.1, -0.05) is 24.3 Å². The Morgan fingerprint density at radius 3 is 2.84 bits per heavy atom. The Morgan fingerprint density at radius 2 is 2.10 bits per heavy atom. The number of nitrogens with zero attached hydrogens (tertiary/aromatic N) is 2. The Labute approximate surface area is 185 Å². The summed E-state index contributed by atoms with van der Waals surface area (Å²) in [6.45, 7) is 3.83. The molecule has 4 rings (SSSR count). The summed E-state index contributed by atoms with van der Waals surface area (Å²) in [4.78, 5) is 16.6. The van der Waals surface area contributed by atoms with Crippen LogP contribution in [-0.4, -0.2) is 28.7 Å². The molecule has 7 heteroatoms. The fourth-order valence-corrected chi connectivity index (χ4v) is 4.98. The van der Waals surface area contributed by atoms with Gasteiger partial charge in [0.1, 0.15) is 16.8 Å². The number of carboxylic acids is 1. The van der Waals surface area contributed by atoms with Crippen LogP contribution in [0, 0.1) is 11.3 Å². The van der Waals surface area contributed by atoms with E-state index in [1.54, 1.807) is 17.4 Å². The van der Waals surface area contributed by atoms with Gasteiger partial charge in [-0.3, -0.25) is 4.79 Å². The van der Waals surface area contributed by atoms with Crippen molar-refractivity contribution in [2.24, 2.45) is 0 Å². The van der Waals surface area contributed by atoms with Gasteiger partial charge in [0.15, 0.2) is 0 Å². The highest BCUT2D eigenvalue weighted by molar-refractivity contribution is 7.18. The van der Waals surface area contributed by atoms with E-state index in [0.29, 0.717) is 11.3 Å². The van der Waals surface area contributed by atoms with Crippen molar-refractivity contribution in [1.29, 1.82) is 5.26 Å². The van der Waals surface area contributed by atoms with Crippen LogP contribution in [0.1, 0.15) is 43.0 Å². The Balaban J connectivity index is 1.69. The monoisotopic (exact) mass is 433 g/mol. The summed E-state index contributed by atoms with van der Waals surface area (Å²) < 4.78 is 5.96. The molecule has 0 radical (unpaired) electrons. The van der Waals surface area contributed by atoms with Crippen LogP contribution in [0.3, 0.4) is 0 Å². The summed E-state index contributed by atoms with van der Waals surface area (Å²) in [5.41, 5.74) is 4.84. The highest BCUT2D eigenvalue weighted by Gasteiger charge is 2.26. The third kappa shape index (κ3) is 4.31. The van der Waals surface area contributed by atoms with Crippen molar-refractivity contribution in [3.8, 4) is 32.8 Å². The largest absolute Gasteiger partial charge is 0.489 e. The molecule has 0 saturated carbocycles. The molecule has 2 aromatic carbocycles. The van der Waals surface area contributed by atoms with Crippen LogP contribution in [-0.2, 0) is 11.2 Å². The highest BCUT2D eigenvalue weighted by atomic mass is 32.1. The number of hydrogen-bond donors (Lipinski definition) is 2. The standard InChI is InChI=1S/C24H23N3O3S/c1-14(2)30-23-15(11-25)5-3-8-19(23)24-27-12-21(31-24)18-7-4-6-17-16(18)9-10-20(17)26-13-22(28)29/h3-8,12,14,20,26H,9-10,13H2,1-2H3,(H,28,29). The molecule has 158 valence electrons. The first kappa shape index (κ1) is 21.0. The fraction of sp³-hybridized carbons (Fsp3) is 0.292. The van der Waals surface area contributed by atoms with Crippen molar-refractivity contribution in [2.75, 3.05) is 6.54 Å². The molecule has 0 saturated heterocycles. The highest BCUT2D eigenvalue weighted by Crippen LogP contribution is 2.42. The van der Waals surface area contributed by atoms with Crippen LogP contribution in [0.5, 0.6) is 5.75 Å². The predicted molar refractivity (Wildman–Crippen MR) is 120 cm³/mol. The summed E-state index contributed by atoms with van der Waals surface area (Å²) in [6, 6.07) is 14.0. The van der Waals surface area contributed by atoms with Gasteiger partial charge in [0.2, 0.25) is 0 Å². The SMILES string of the molecule is CC(C)Oc1c(C#N)cccc1-c1ncc(-c2cccc3c2CCC3NCC(=O)O)s1. The summed E-state index contributed by atoms with van der Waals surface area (Å²) in [5, 5.41) is 22.4. The molecule has 1 atom stereocenters. The summed E-state index contributed by atoms with van der Waals surface area (Å²) in [5.74, 6) is -0.284. The first-order chi connectivity index (χ1) is 15.0. The molecule has 1 aromatic heterocycles. The average molecular weight is 434 g/mol. The lowest BCUT2D eigenvalue weighted by molar-refractivity contribution is -0.136. The number of hydrogen-bond acceptors (Lipinski definition) is 6. The number of benzene rings is 2. The molecule has 2 N–H and O–H groups in total. The smallest absolute Gasteiger partial charge is 0.317 e. The number of nitriles is 1. The first-order valence-corrected chi connectivity index (χ1v) is 11.0. The molecular formula is C24H23N3O3S. The molecule has 0 spiro atoms. The normalized spacial score (nSPS) is 15.0. The van der Waals surface area contributed by atoms with Gasteiger partial charge < -0.3 is 15.2 Å². The van der Waals surface area contributed by atoms with Crippen molar-refractivity contribution < 1.29 is 14.6 Å². The molecule has 1 heterocycles. The Kier molecular flexibility index (Phi) is 6.03. The van der Waals surface area contributed by atoms with E-state index in [1.807, 2.05) is 38.2 Å². The van der Waals surface area contributed by atoms with Gasteiger partial charge >= 0.3 is 5.97 Å². The number of para-hydroxylation sites is 1. The summed E-state index contributed by atoms with van der Waals surface area (Å²) >= 11 is 1.57. The lowest BCUT2D eigenvalue weighted by atomic mass is 10.0. The molecule has 6 nitrogen and oxygen atoms in total. The van der Waals surface area contributed by atoms with E-state index in [4.69, 9.17) is 9.84 Å². The number of rotatable bonds is 7. The third-order valence-corrected chi connectivity index (χ3v) is 6.32. The van der Waals surface area contributed by atoms with Crippen LogP contribution in [0.4, 0.5) is 0 Å². The Bertz CT molecular complexity index is 1160. The van der Waals surface area contributed by atoms with Crippen LogP contribution in [0.15, 0.2) is 42.6 Å². The zero-order chi connectivity index (χ0) is 22.0. The number of ether oxygens (including phenoxy) is 1. The van der Waals surface area contributed by atoms with E-state index >= 15 is 0 Å². The number of fused-ring (bicyclic) bond motifs is 1. The lowest BCUT2D eigenvalue weighted by Gasteiger charge is -2.14. The second-order valence-electron chi connectivity index (χ2n) is 7.73. The minimum atomic E-state index is -0.851. The molecule has 0 amide bonds. The van der Waals surface area contributed by atoms with Crippen molar-refractivity contribution >= 4 is 17.3 Å². The summed E-state index contributed by atoms with van der Waals surface area (Å²) in [7, 11) is 0. The zero-order valence-electron chi connectivity index (χ0n) is 17.4. The number of carboxylic acid groups (broad SMARTS) is 1. The van der Waals surface area contributed by atoms with E-state index in [2.05, 4.69) is 28.5 Å². The van der Waals surface area contributed by atoms with Crippen LogP contribution < -0.4 is 10.1 Å². The molecule has 1 aliphatic carbocycles. The molecule has 3 aromatic rings. The Morgan fingerprint density at radius 1 is 1.32 bits per heavy atom. The lowest BCUT2D eigenvalue weighted by Crippen LogP contribution is -2.25. The number of aliphatic carboxylic acids is 1. The number of nitrogens with one attached hydrogen (secondary N) is 1. The number of aromatic nitrogens is 1. The molecule has 1 aliphatic rings. The topological polar surface area (TPSA) is 95.2 Å². The van der Waals surface area contributed by atoms with Gasteiger partial charge in [0.25, 0.3) is 0 Å². The number of thiazole rings is 1. The summed E-state index contributed by atoms with van der Waals surface area (Å²) in [6.07, 6.45) is 3.58. The number of carbonyl (C=O) groups is 1. The van der Waals surface area contributed by atoms with Gasteiger partial charge in [0, 0.05) is 12.2 Å². The van der Waals surface area contributed by atoms with Gasteiger partial charge in [-0.05, 0) is 55.5 Å². The van der Waals surface area contributed by atoms with Crippen molar-refractivity contribution in [3.05, 3.63) is 59.3 Å². The minimum absolute atomic E-state index is 0.0487. The van der Waals surface area contributed by atoms with Gasteiger partial charge in [-0.2, -0.15) is 5.26 Å². The predicted octanol–water partition coefficient (Wildman–Crippen LogP) is 4.80. The molecule has 0 bridgehead atoms. The van der Waals surface area contributed by atoms with E-state index < -0.39 is 5.97 Å². The maximum atomic E-state index is 10.9. The molecular weight excluding hydrogens is 410 g/mol. The van der Waals surface area contributed by atoms with E-state index in [1.165, 1.54) is 5.56 Å². The zero-order valence-corrected chi connectivity index (χ0v) is 18.2. The molecule has 0 fully saturated rings. The minimum Gasteiger partial charge on any atom is -0.489 e. The maximum absolute atomic E-state index is 10.9. The van der Waals surface area contributed by atoms with Crippen LogP contribution in [0.25, 0.3) is 21.0 Å². The Hall–Kier alpha value is -3.21. The van der Waals surface area contributed by atoms with Crippen LogP contribution in [0.2, 0.25) is 0 Å². The van der Waals surface area contributed by atoms with E-state index in [0.717, 1.165) is 39.4 Å². The van der Waals surface area contributed by atoms with Gasteiger partial charge in [-0.15, -0.1) is 11.3 Å². The van der Waals surface area contributed by atoms with Crippen molar-refractivity contribution in [1.82, 2.24) is 10.3 Å². The average Bonchev–Trinajstić information content (AvgIpc) is 3.39. The second-order valence-corrected chi connectivity index (χ2v) is 8.76. The van der Waals surface area contributed by atoms with Crippen LogP contribution >= 0.6 is 11.3 Å². The first-order valence-electron chi connectivity index (χ1n) is 10.2. The molecule has 31 heavy (non-hydrogen) atoms. The maximum Gasteiger partial charge on any atom is 0.317 e. The van der Waals surface area contributed by atoms with Crippen molar-refractivity contribution in [3.63, 3.8) is 0 Å². The van der Waals surface area contributed by atoms with E-state index in [-0.39, 0.29) is 18.7 Å². The van der Waals surface area contributed by atoms with Gasteiger partial charge in [0.05, 0.1) is 28.7 Å².